The van der Waals surface area contributed by atoms with Crippen LogP contribution in [0.25, 0.3) is 0 Å². The van der Waals surface area contributed by atoms with E-state index in [-0.39, 0.29) is 0 Å². The second-order valence-corrected chi connectivity index (χ2v) is 6.73. The quantitative estimate of drug-likeness (QED) is 0.786. The van der Waals surface area contributed by atoms with E-state index in [1.54, 1.807) is 7.11 Å². The molecule has 2 aliphatic rings. The first-order chi connectivity index (χ1) is 12.8. The molecular formula is C19H20N6O. The lowest BCUT2D eigenvalue weighted by Gasteiger charge is -2.31. The van der Waals surface area contributed by atoms with Gasteiger partial charge in [-0.15, -0.1) is 0 Å². The van der Waals surface area contributed by atoms with Gasteiger partial charge in [0.2, 0.25) is 0 Å². The molecule has 7 heteroatoms. The number of ether oxygens (including phenoxy) is 1. The van der Waals surface area contributed by atoms with Gasteiger partial charge in [-0.3, -0.25) is 9.67 Å². The van der Waals surface area contributed by atoms with Gasteiger partial charge in [0.25, 0.3) is 0 Å². The minimum atomic E-state index is 0.636. The number of hydrogen-bond acceptors (Lipinski definition) is 5. The number of rotatable bonds is 4. The zero-order valence-electron chi connectivity index (χ0n) is 14.6. The third kappa shape index (κ3) is 2.65. The fourth-order valence-corrected chi connectivity index (χ4v) is 3.43. The van der Waals surface area contributed by atoms with Gasteiger partial charge in [0, 0.05) is 30.1 Å². The van der Waals surface area contributed by atoms with Crippen molar-refractivity contribution >= 4 is 17.3 Å². The van der Waals surface area contributed by atoms with Crippen molar-refractivity contribution in [3.05, 3.63) is 54.2 Å². The molecule has 132 valence electrons. The maximum absolute atomic E-state index is 5.53. The minimum absolute atomic E-state index is 0.636. The molecule has 1 aliphatic carbocycles. The third-order valence-electron chi connectivity index (χ3n) is 4.93. The highest BCUT2D eigenvalue weighted by atomic mass is 16.5. The van der Waals surface area contributed by atoms with Gasteiger partial charge in [-0.1, -0.05) is 12.1 Å². The first-order valence-electron chi connectivity index (χ1n) is 8.85. The summed E-state index contributed by atoms with van der Waals surface area (Å²) in [6.45, 7) is 1.37. The molecule has 0 radical (unpaired) electrons. The Labute approximate surface area is 151 Å². The molecule has 0 spiro atoms. The van der Waals surface area contributed by atoms with Crippen molar-refractivity contribution in [3.8, 4) is 5.75 Å². The lowest BCUT2D eigenvalue weighted by Crippen LogP contribution is -2.39. The number of imidazole rings is 1. The SMILES string of the molecule is COc1ccccc1N1CC(=Nc2cc(C3CC3)[nH]n2)n2ccnc2C1. The molecule has 3 heterocycles. The number of nitrogens with zero attached hydrogens (tertiary/aromatic N) is 5. The maximum Gasteiger partial charge on any atom is 0.175 e. The van der Waals surface area contributed by atoms with Crippen molar-refractivity contribution in [2.75, 3.05) is 18.6 Å². The number of aromatic amines is 1. The molecule has 0 saturated heterocycles. The van der Waals surface area contributed by atoms with Gasteiger partial charge >= 0.3 is 0 Å². The predicted molar refractivity (Wildman–Crippen MR) is 99.3 cm³/mol. The van der Waals surface area contributed by atoms with Crippen molar-refractivity contribution in [1.29, 1.82) is 0 Å². The molecule has 0 amide bonds. The molecule has 1 fully saturated rings. The van der Waals surface area contributed by atoms with Crippen LogP contribution in [0, 0.1) is 0 Å². The van der Waals surface area contributed by atoms with Gasteiger partial charge in [-0.2, -0.15) is 5.10 Å². The molecule has 2 aromatic heterocycles. The number of methoxy groups -OCH3 is 1. The van der Waals surface area contributed by atoms with Crippen LogP contribution in [0.5, 0.6) is 5.75 Å². The summed E-state index contributed by atoms with van der Waals surface area (Å²) < 4.78 is 7.59. The second kappa shape index (κ2) is 6.01. The lowest BCUT2D eigenvalue weighted by atomic mass is 10.2. The molecule has 1 aliphatic heterocycles. The van der Waals surface area contributed by atoms with Crippen molar-refractivity contribution in [2.45, 2.75) is 25.3 Å². The molecule has 0 atom stereocenters. The Morgan fingerprint density at radius 3 is 2.96 bits per heavy atom. The molecule has 1 aromatic carbocycles. The van der Waals surface area contributed by atoms with Crippen LogP contribution in [0.4, 0.5) is 11.5 Å². The fourth-order valence-electron chi connectivity index (χ4n) is 3.43. The summed E-state index contributed by atoms with van der Waals surface area (Å²) in [5.41, 5.74) is 2.23. The van der Waals surface area contributed by atoms with E-state index in [0.717, 1.165) is 28.9 Å². The topological polar surface area (TPSA) is 71.3 Å². The van der Waals surface area contributed by atoms with E-state index in [9.17, 15) is 0 Å². The second-order valence-electron chi connectivity index (χ2n) is 6.73. The van der Waals surface area contributed by atoms with Crippen LogP contribution in [0.2, 0.25) is 0 Å². The van der Waals surface area contributed by atoms with Gasteiger partial charge in [0.05, 0.1) is 25.9 Å². The van der Waals surface area contributed by atoms with E-state index in [0.29, 0.717) is 19.0 Å². The van der Waals surface area contributed by atoms with Crippen LogP contribution in [0.15, 0.2) is 47.7 Å². The number of aromatic nitrogens is 4. The van der Waals surface area contributed by atoms with Crippen LogP contribution in [-0.2, 0) is 6.54 Å². The molecule has 7 nitrogen and oxygen atoms in total. The largest absolute Gasteiger partial charge is 0.495 e. The van der Waals surface area contributed by atoms with Crippen LogP contribution < -0.4 is 9.64 Å². The van der Waals surface area contributed by atoms with E-state index in [1.807, 2.05) is 30.6 Å². The number of hydrogen-bond donors (Lipinski definition) is 1. The average molecular weight is 348 g/mol. The summed E-state index contributed by atoms with van der Waals surface area (Å²) in [5.74, 6) is 4.07. The van der Waals surface area contributed by atoms with Gasteiger partial charge in [0.1, 0.15) is 17.4 Å². The van der Waals surface area contributed by atoms with Crippen molar-refractivity contribution < 1.29 is 4.74 Å². The first kappa shape index (κ1) is 15.2. The van der Waals surface area contributed by atoms with Crippen LogP contribution in [0.1, 0.15) is 30.3 Å². The van der Waals surface area contributed by atoms with Gasteiger partial charge in [-0.05, 0) is 25.0 Å². The van der Waals surface area contributed by atoms with Crippen LogP contribution in [0.3, 0.4) is 0 Å². The summed E-state index contributed by atoms with van der Waals surface area (Å²) >= 11 is 0. The highest BCUT2D eigenvalue weighted by Crippen LogP contribution is 2.40. The number of H-pyrrole nitrogens is 1. The Morgan fingerprint density at radius 2 is 2.12 bits per heavy atom. The normalized spacial score (nSPS) is 18.2. The molecule has 5 rings (SSSR count). The van der Waals surface area contributed by atoms with Crippen LogP contribution in [-0.4, -0.2) is 39.2 Å². The van der Waals surface area contributed by atoms with Crippen molar-refractivity contribution in [2.24, 2.45) is 4.99 Å². The highest BCUT2D eigenvalue weighted by Gasteiger charge is 2.27. The standard InChI is InChI=1S/C19H20N6O/c1-26-16-5-3-2-4-15(16)24-11-18-20-8-9-25(18)19(12-24)21-17-10-14(22-23-17)13-6-7-13/h2-5,8-10,13H,6-7,11-12H2,1H3,(H,22,23). The Bertz CT molecular complexity index is 968. The Hall–Kier alpha value is -3.09. The maximum atomic E-state index is 5.53. The molecular weight excluding hydrogens is 328 g/mol. The number of benzene rings is 1. The fraction of sp³-hybridized carbons (Fsp3) is 0.316. The monoisotopic (exact) mass is 348 g/mol. The summed E-state index contributed by atoms with van der Waals surface area (Å²) in [7, 11) is 1.70. The van der Waals surface area contributed by atoms with Gasteiger partial charge in [0.15, 0.2) is 5.82 Å². The third-order valence-corrected chi connectivity index (χ3v) is 4.93. The first-order valence-corrected chi connectivity index (χ1v) is 8.85. The molecule has 3 aromatic rings. The van der Waals surface area contributed by atoms with E-state index in [1.165, 1.54) is 18.5 Å². The molecule has 0 unspecified atom stereocenters. The van der Waals surface area contributed by atoms with E-state index in [2.05, 4.69) is 36.8 Å². The van der Waals surface area contributed by atoms with Gasteiger partial charge < -0.3 is 9.64 Å². The number of para-hydroxylation sites is 2. The van der Waals surface area contributed by atoms with Gasteiger partial charge in [-0.25, -0.2) is 9.98 Å². The zero-order chi connectivity index (χ0) is 17.5. The number of anilines is 1. The number of nitrogens with one attached hydrogen (secondary N) is 1. The Kier molecular flexibility index (Phi) is 3.51. The lowest BCUT2D eigenvalue weighted by molar-refractivity contribution is 0.414. The Morgan fingerprint density at radius 1 is 1.23 bits per heavy atom. The molecule has 1 saturated carbocycles. The van der Waals surface area contributed by atoms with Crippen molar-refractivity contribution in [1.82, 2.24) is 19.7 Å². The smallest absolute Gasteiger partial charge is 0.175 e. The number of fused-ring (bicyclic) bond motifs is 1. The molecule has 0 bridgehead atoms. The zero-order valence-corrected chi connectivity index (χ0v) is 14.6. The summed E-state index contributed by atoms with van der Waals surface area (Å²) in [5, 5.41) is 7.49. The molecule has 26 heavy (non-hydrogen) atoms. The number of aliphatic imine (C=N–C) groups is 1. The van der Waals surface area contributed by atoms with Crippen molar-refractivity contribution in [3.63, 3.8) is 0 Å². The van der Waals surface area contributed by atoms with Crippen LogP contribution >= 0.6 is 0 Å². The minimum Gasteiger partial charge on any atom is -0.495 e. The van der Waals surface area contributed by atoms with E-state index < -0.39 is 0 Å². The van der Waals surface area contributed by atoms with E-state index >= 15 is 0 Å². The summed E-state index contributed by atoms with van der Waals surface area (Å²) in [6.07, 6.45) is 6.26. The Balaban J connectivity index is 1.51. The summed E-state index contributed by atoms with van der Waals surface area (Å²) in [6, 6.07) is 10.1. The average Bonchev–Trinajstić information content (AvgIpc) is 3.23. The highest BCUT2D eigenvalue weighted by molar-refractivity contribution is 5.92. The molecule has 1 N–H and O–H groups in total. The predicted octanol–water partition coefficient (Wildman–Crippen LogP) is 3.09. The van der Waals surface area contributed by atoms with E-state index in [4.69, 9.17) is 9.73 Å². The summed E-state index contributed by atoms with van der Waals surface area (Å²) in [4.78, 5) is 11.5.